The lowest BCUT2D eigenvalue weighted by atomic mass is 10.1. The standard InChI is InChI=1S/C24H26N6O4/c1-24(2,3)34-23(33)16-8-9-17-14-30(22(32)19(17)13-16)11-10-20(31)25-18-7-5-6-15(12-18)21-26-28-29(4)27-21/h5-9,12-13H,10-11,14H2,1-4H3,(H,25,31). The molecule has 0 atom stereocenters. The number of nitrogens with zero attached hydrogens (tertiary/aromatic N) is 5. The number of carbonyl (C=O) groups excluding carboxylic acids is 3. The molecule has 0 radical (unpaired) electrons. The highest BCUT2D eigenvalue weighted by molar-refractivity contribution is 6.01. The van der Waals surface area contributed by atoms with Crippen LogP contribution in [0.25, 0.3) is 11.4 Å². The van der Waals surface area contributed by atoms with Gasteiger partial charge in [0.15, 0.2) is 0 Å². The van der Waals surface area contributed by atoms with Crippen LogP contribution in [0.4, 0.5) is 5.69 Å². The lowest BCUT2D eigenvalue weighted by molar-refractivity contribution is -0.116. The van der Waals surface area contributed by atoms with Gasteiger partial charge >= 0.3 is 5.97 Å². The minimum Gasteiger partial charge on any atom is -0.456 e. The zero-order chi connectivity index (χ0) is 24.5. The number of amides is 2. The van der Waals surface area contributed by atoms with Crippen LogP contribution in [0, 0.1) is 0 Å². The van der Waals surface area contributed by atoms with Crippen molar-refractivity contribution in [1.82, 2.24) is 25.1 Å². The van der Waals surface area contributed by atoms with E-state index in [1.165, 1.54) is 4.80 Å². The lowest BCUT2D eigenvalue weighted by Crippen LogP contribution is -2.28. The second-order valence-electron chi connectivity index (χ2n) is 9.08. The molecule has 0 fully saturated rings. The molecule has 0 aliphatic carbocycles. The van der Waals surface area contributed by atoms with Crippen molar-refractivity contribution < 1.29 is 19.1 Å². The van der Waals surface area contributed by atoms with Crippen LogP contribution in [-0.4, -0.2) is 55.0 Å². The Labute approximate surface area is 196 Å². The van der Waals surface area contributed by atoms with E-state index >= 15 is 0 Å². The highest BCUT2D eigenvalue weighted by Gasteiger charge is 2.29. The fourth-order valence-electron chi connectivity index (χ4n) is 3.60. The van der Waals surface area contributed by atoms with E-state index in [0.717, 1.165) is 11.1 Å². The maximum absolute atomic E-state index is 12.9. The van der Waals surface area contributed by atoms with Crippen LogP contribution >= 0.6 is 0 Å². The number of nitrogens with one attached hydrogen (secondary N) is 1. The van der Waals surface area contributed by atoms with Crippen molar-refractivity contribution in [3.05, 3.63) is 59.2 Å². The van der Waals surface area contributed by atoms with Crippen LogP contribution in [0.1, 0.15) is 53.5 Å². The third kappa shape index (κ3) is 5.28. The second-order valence-corrected chi connectivity index (χ2v) is 9.08. The molecule has 2 aromatic carbocycles. The minimum absolute atomic E-state index is 0.131. The van der Waals surface area contributed by atoms with E-state index in [2.05, 4.69) is 20.7 Å². The van der Waals surface area contributed by atoms with E-state index in [-0.39, 0.29) is 24.8 Å². The molecule has 1 aliphatic heterocycles. The average molecular weight is 463 g/mol. The number of anilines is 1. The van der Waals surface area contributed by atoms with E-state index < -0.39 is 11.6 Å². The van der Waals surface area contributed by atoms with E-state index in [1.54, 1.807) is 69.1 Å². The summed E-state index contributed by atoms with van der Waals surface area (Å²) in [6, 6.07) is 12.2. The number of hydrogen-bond acceptors (Lipinski definition) is 7. The van der Waals surface area contributed by atoms with Gasteiger partial charge in [0.2, 0.25) is 11.7 Å². The number of carbonyl (C=O) groups is 3. The normalized spacial score (nSPS) is 13.1. The van der Waals surface area contributed by atoms with Crippen LogP contribution in [0.5, 0.6) is 0 Å². The number of esters is 1. The fraction of sp³-hybridized carbons (Fsp3) is 0.333. The summed E-state index contributed by atoms with van der Waals surface area (Å²) in [5.74, 6) is -0.434. The molecule has 2 amide bonds. The third-order valence-corrected chi connectivity index (χ3v) is 5.14. The Morgan fingerprint density at radius 3 is 2.65 bits per heavy atom. The molecule has 2 heterocycles. The first-order valence-electron chi connectivity index (χ1n) is 10.9. The summed E-state index contributed by atoms with van der Waals surface area (Å²) in [5.41, 5.74) is 2.34. The van der Waals surface area contributed by atoms with Gasteiger partial charge in [0.05, 0.1) is 12.6 Å². The van der Waals surface area contributed by atoms with Crippen molar-refractivity contribution in [2.75, 3.05) is 11.9 Å². The molecule has 176 valence electrons. The summed E-state index contributed by atoms with van der Waals surface area (Å²) in [5, 5.41) is 14.8. The number of hydrogen-bond donors (Lipinski definition) is 1. The topological polar surface area (TPSA) is 119 Å². The quantitative estimate of drug-likeness (QED) is 0.560. The van der Waals surface area contributed by atoms with Gasteiger partial charge in [0, 0.05) is 36.3 Å². The molecular formula is C24H26N6O4. The molecule has 4 rings (SSSR count). The molecule has 0 unspecified atom stereocenters. The van der Waals surface area contributed by atoms with Crippen molar-refractivity contribution in [3.8, 4) is 11.4 Å². The third-order valence-electron chi connectivity index (χ3n) is 5.14. The van der Waals surface area contributed by atoms with Crippen LogP contribution in [0.2, 0.25) is 0 Å². The summed E-state index contributed by atoms with van der Waals surface area (Å²) in [4.78, 5) is 40.7. The van der Waals surface area contributed by atoms with Gasteiger partial charge < -0.3 is 15.0 Å². The summed E-state index contributed by atoms with van der Waals surface area (Å²) < 4.78 is 5.39. The van der Waals surface area contributed by atoms with Crippen LogP contribution in [-0.2, 0) is 23.1 Å². The molecule has 0 saturated heterocycles. The van der Waals surface area contributed by atoms with E-state index in [9.17, 15) is 14.4 Å². The first-order chi connectivity index (χ1) is 16.1. The van der Waals surface area contributed by atoms with Crippen LogP contribution in [0.3, 0.4) is 0 Å². The van der Waals surface area contributed by atoms with Crippen molar-refractivity contribution in [3.63, 3.8) is 0 Å². The predicted octanol–water partition coefficient (Wildman–Crippen LogP) is 2.82. The van der Waals surface area contributed by atoms with Crippen LogP contribution in [0.15, 0.2) is 42.5 Å². The predicted molar refractivity (Wildman–Crippen MR) is 124 cm³/mol. The number of benzene rings is 2. The second kappa shape index (κ2) is 9.05. The van der Waals surface area contributed by atoms with Gasteiger partial charge in [0.1, 0.15) is 5.60 Å². The van der Waals surface area contributed by atoms with Crippen molar-refractivity contribution in [2.24, 2.45) is 7.05 Å². The van der Waals surface area contributed by atoms with Crippen LogP contribution < -0.4 is 5.32 Å². The number of fused-ring (bicyclic) bond motifs is 1. The Bertz CT molecular complexity index is 1260. The fourth-order valence-corrected chi connectivity index (χ4v) is 3.60. The molecule has 0 bridgehead atoms. The SMILES string of the molecule is Cn1nnc(-c2cccc(NC(=O)CCN3Cc4ccc(C(=O)OC(C)(C)C)cc4C3=O)c2)n1. The molecule has 1 aliphatic rings. The number of aromatic nitrogens is 4. The maximum atomic E-state index is 12.9. The largest absolute Gasteiger partial charge is 0.456 e. The highest BCUT2D eigenvalue weighted by atomic mass is 16.6. The molecule has 3 aromatic rings. The van der Waals surface area contributed by atoms with Crippen molar-refractivity contribution in [1.29, 1.82) is 0 Å². The maximum Gasteiger partial charge on any atom is 0.338 e. The van der Waals surface area contributed by atoms with E-state index in [4.69, 9.17) is 4.74 Å². The smallest absolute Gasteiger partial charge is 0.338 e. The lowest BCUT2D eigenvalue weighted by Gasteiger charge is -2.19. The Morgan fingerprint density at radius 1 is 1.15 bits per heavy atom. The molecule has 0 spiro atoms. The zero-order valence-electron chi connectivity index (χ0n) is 19.5. The number of rotatable bonds is 6. The summed E-state index contributed by atoms with van der Waals surface area (Å²) in [7, 11) is 1.68. The number of ether oxygens (including phenoxy) is 1. The first kappa shape index (κ1) is 23.1. The minimum atomic E-state index is -0.621. The summed E-state index contributed by atoms with van der Waals surface area (Å²) in [6.07, 6.45) is 0.131. The number of tetrazole rings is 1. The molecule has 1 aromatic heterocycles. The monoisotopic (exact) mass is 462 g/mol. The van der Waals surface area contributed by atoms with Crippen molar-refractivity contribution >= 4 is 23.5 Å². The van der Waals surface area contributed by atoms with Gasteiger partial charge in [-0.05, 0) is 55.8 Å². The Hall–Kier alpha value is -4.08. The Balaban J connectivity index is 1.35. The Morgan fingerprint density at radius 2 is 1.94 bits per heavy atom. The van der Waals surface area contributed by atoms with Gasteiger partial charge in [-0.2, -0.15) is 4.80 Å². The summed E-state index contributed by atoms with van der Waals surface area (Å²) >= 11 is 0. The molecule has 10 nitrogen and oxygen atoms in total. The molecular weight excluding hydrogens is 436 g/mol. The zero-order valence-corrected chi connectivity index (χ0v) is 19.5. The van der Waals surface area contributed by atoms with Gasteiger partial charge in [-0.15, -0.1) is 10.2 Å². The Kier molecular flexibility index (Phi) is 6.14. The summed E-state index contributed by atoms with van der Waals surface area (Å²) in [6.45, 7) is 6.02. The number of aryl methyl sites for hydroxylation is 1. The van der Waals surface area contributed by atoms with Crippen molar-refractivity contribution in [2.45, 2.75) is 39.3 Å². The van der Waals surface area contributed by atoms with Gasteiger partial charge in [-0.3, -0.25) is 9.59 Å². The molecule has 34 heavy (non-hydrogen) atoms. The van der Waals surface area contributed by atoms with Gasteiger partial charge in [-0.25, -0.2) is 4.79 Å². The van der Waals surface area contributed by atoms with Gasteiger partial charge in [0.25, 0.3) is 5.91 Å². The average Bonchev–Trinajstić information content (AvgIpc) is 3.34. The molecule has 10 heteroatoms. The molecule has 0 saturated carbocycles. The first-order valence-corrected chi connectivity index (χ1v) is 10.9. The van der Waals surface area contributed by atoms with E-state index in [1.807, 2.05) is 6.07 Å². The van der Waals surface area contributed by atoms with E-state index in [0.29, 0.717) is 29.2 Å². The highest BCUT2D eigenvalue weighted by Crippen LogP contribution is 2.25. The van der Waals surface area contributed by atoms with Gasteiger partial charge in [-0.1, -0.05) is 18.2 Å². The molecule has 1 N–H and O–H groups in total.